The molecule has 56 valence electrons. The number of rotatable bonds is 1. The highest BCUT2D eigenvalue weighted by Gasteiger charge is 2.23. The predicted molar refractivity (Wildman–Crippen MR) is 41.8 cm³/mol. The average Bonchev–Trinajstić information content (AvgIpc) is 2.14. The van der Waals surface area contributed by atoms with Crippen LogP contribution in [0.25, 0.3) is 0 Å². The zero-order valence-corrected chi connectivity index (χ0v) is 7.56. The first-order valence-corrected chi connectivity index (χ1v) is 3.98. The van der Waals surface area contributed by atoms with E-state index in [2.05, 4.69) is 15.9 Å². The first-order chi connectivity index (χ1) is 4.63. The summed E-state index contributed by atoms with van der Waals surface area (Å²) in [6.45, 7) is 4.54. The number of carbonyl (C=O) groups excluding carboxylic acids is 1. The molecule has 1 rings (SSSR count). The molecule has 1 aliphatic heterocycles. The summed E-state index contributed by atoms with van der Waals surface area (Å²) in [5, 5.41) is 0. The number of hydrogen-bond donors (Lipinski definition) is 0. The van der Waals surface area contributed by atoms with E-state index < -0.39 is 0 Å². The van der Waals surface area contributed by atoms with Gasteiger partial charge in [-0.3, -0.25) is 0 Å². The molecule has 10 heavy (non-hydrogen) atoms. The minimum atomic E-state index is -0.233. The van der Waals surface area contributed by atoms with Gasteiger partial charge < -0.3 is 4.74 Å². The van der Waals surface area contributed by atoms with Crippen LogP contribution in [0.3, 0.4) is 0 Å². The maximum absolute atomic E-state index is 10.8. The van der Waals surface area contributed by atoms with Crippen molar-refractivity contribution in [1.82, 2.24) is 0 Å². The predicted octanol–water partition coefficient (Wildman–Crippen LogP) is 1.85. The Morgan fingerprint density at radius 2 is 2.20 bits per heavy atom. The van der Waals surface area contributed by atoms with Gasteiger partial charge in [-0.25, -0.2) is 4.79 Å². The third kappa shape index (κ3) is 1.24. The van der Waals surface area contributed by atoms with Crippen LogP contribution in [0.1, 0.15) is 13.8 Å². The molecule has 0 spiro atoms. The monoisotopic (exact) mass is 204 g/mol. The van der Waals surface area contributed by atoms with Crippen molar-refractivity contribution < 1.29 is 9.53 Å². The van der Waals surface area contributed by atoms with E-state index in [1.165, 1.54) is 0 Å². The summed E-state index contributed by atoms with van der Waals surface area (Å²) in [5.41, 5.74) is 1.06. The van der Waals surface area contributed by atoms with Crippen LogP contribution in [0.2, 0.25) is 0 Å². The highest BCUT2D eigenvalue weighted by atomic mass is 79.9. The van der Waals surface area contributed by atoms with Gasteiger partial charge in [0, 0.05) is 0 Å². The zero-order valence-electron chi connectivity index (χ0n) is 5.98. The molecule has 0 fully saturated rings. The van der Waals surface area contributed by atoms with Gasteiger partial charge in [0.25, 0.3) is 0 Å². The Kier molecular flexibility index (Phi) is 2.14. The van der Waals surface area contributed by atoms with E-state index in [1.807, 2.05) is 13.8 Å². The first-order valence-electron chi connectivity index (χ1n) is 3.18. The summed E-state index contributed by atoms with van der Waals surface area (Å²) >= 11 is 3.18. The van der Waals surface area contributed by atoms with Crippen LogP contribution in [0.4, 0.5) is 0 Å². The van der Waals surface area contributed by atoms with Crippen LogP contribution in [-0.4, -0.2) is 12.6 Å². The lowest BCUT2D eigenvalue weighted by atomic mass is 10.1. The van der Waals surface area contributed by atoms with Crippen LogP contribution in [0.15, 0.2) is 10.1 Å². The third-order valence-corrected chi connectivity index (χ3v) is 2.35. The topological polar surface area (TPSA) is 26.3 Å². The largest absolute Gasteiger partial charge is 0.457 e. The van der Waals surface area contributed by atoms with Crippen molar-refractivity contribution in [3.8, 4) is 0 Å². The SMILES string of the molecule is CC(C)C1=C(Br)C(=O)OC1. The number of ether oxygens (including phenoxy) is 1. The molecule has 0 saturated heterocycles. The van der Waals surface area contributed by atoms with Gasteiger partial charge in [0.05, 0.1) is 0 Å². The highest BCUT2D eigenvalue weighted by molar-refractivity contribution is 9.12. The second-order valence-corrected chi connectivity index (χ2v) is 3.36. The summed E-state index contributed by atoms with van der Waals surface area (Å²) in [4.78, 5) is 10.8. The van der Waals surface area contributed by atoms with Gasteiger partial charge >= 0.3 is 5.97 Å². The number of hydrogen-bond acceptors (Lipinski definition) is 2. The molecule has 0 atom stereocenters. The molecule has 0 radical (unpaired) electrons. The van der Waals surface area contributed by atoms with E-state index >= 15 is 0 Å². The van der Waals surface area contributed by atoms with Gasteiger partial charge in [0.2, 0.25) is 0 Å². The molecule has 0 aromatic heterocycles. The molecule has 0 aromatic carbocycles. The lowest BCUT2D eigenvalue weighted by molar-refractivity contribution is -0.135. The molecule has 2 nitrogen and oxygen atoms in total. The number of carbonyl (C=O) groups is 1. The van der Waals surface area contributed by atoms with E-state index in [-0.39, 0.29) is 5.97 Å². The van der Waals surface area contributed by atoms with Crippen molar-refractivity contribution in [3.63, 3.8) is 0 Å². The summed E-state index contributed by atoms with van der Waals surface area (Å²) in [7, 11) is 0. The molecule has 3 heteroatoms. The van der Waals surface area contributed by atoms with Gasteiger partial charge in [0.15, 0.2) is 0 Å². The number of halogens is 1. The normalized spacial score (nSPS) is 18.6. The summed E-state index contributed by atoms with van der Waals surface area (Å²) in [6, 6.07) is 0. The summed E-state index contributed by atoms with van der Waals surface area (Å²) in [5.74, 6) is 0.157. The Morgan fingerprint density at radius 1 is 1.60 bits per heavy atom. The van der Waals surface area contributed by atoms with Crippen LogP contribution in [0, 0.1) is 5.92 Å². The Morgan fingerprint density at radius 3 is 2.40 bits per heavy atom. The molecule has 0 saturated carbocycles. The number of cyclic esters (lactones) is 1. The highest BCUT2D eigenvalue weighted by Crippen LogP contribution is 2.26. The molecular formula is C7H9BrO2. The average molecular weight is 205 g/mol. The first kappa shape index (κ1) is 7.79. The van der Waals surface area contributed by atoms with Crippen molar-refractivity contribution in [1.29, 1.82) is 0 Å². The summed E-state index contributed by atoms with van der Waals surface area (Å²) < 4.78 is 5.39. The van der Waals surface area contributed by atoms with Gasteiger partial charge in [-0.15, -0.1) is 0 Å². The quantitative estimate of drug-likeness (QED) is 0.610. The Bertz CT molecular complexity index is 194. The van der Waals surface area contributed by atoms with E-state index in [4.69, 9.17) is 4.74 Å². The van der Waals surface area contributed by atoms with Crippen molar-refractivity contribution in [2.75, 3.05) is 6.61 Å². The second kappa shape index (κ2) is 2.74. The molecular weight excluding hydrogens is 196 g/mol. The zero-order chi connectivity index (χ0) is 7.72. The molecule has 0 unspecified atom stereocenters. The smallest absolute Gasteiger partial charge is 0.345 e. The van der Waals surface area contributed by atoms with E-state index in [9.17, 15) is 4.79 Å². The minimum Gasteiger partial charge on any atom is -0.457 e. The maximum Gasteiger partial charge on any atom is 0.345 e. The Balaban J connectivity index is 2.85. The number of esters is 1. The molecule has 0 bridgehead atoms. The molecule has 1 heterocycles. The molecule has 0 N–H and O–H groups in total. The van der Waals surface area contributed by atoms with Crippen LogP contribution in [0.5, 0.6) is 0 Å². The van der Waals surface area contributed by atoms with Crippen molar-refractivity contribution in [2.45, 2.75) is 13.8 Å². The fourth-order valence-electron chi connectivity index (χ4n) is 0.821. The lowest BCUT2D eigenvalue weighted by Crippen LogP contribution is -1.96. The van der Waals surface area contributed by atoms with Gasteiger partial charge in [-0.05, 0) is 27.4 Å². The van der Waals surface area contributed by atoms with Crippen molar-refractivity contribution in [3.05, 3.63) is 10.1 Å². The van der Waals surface area contributed by atoms with Gasteiger partial charge in [-0.1, -0.05) is 13.8 Å². The van der Waals surface area contributed by atoms with E-state index in [0.29, 0.717) is 17.0 Å². The Labute approximate surface area is 68.4 Å². The maximum atomic E-state index is 10.8. The van der Waals surface area contributed by atoms with Crippen molar-refractivity contribution in [2.24, 2.45) is 5.92 Å². The molecule has 0 aromatic rings. The van der Waals surface area contributed by atoms with E-state index in [1.54, 1.807) is 0 Å². The lowest BCUT2D eigenvalue weighted by Gasteiger charge is -2.02. The standard InChI is InChI=1S/C7H9BrO2/c1-4(2)5-3-10-7(9)6(5)8/h4H,3H2,1-2H3. The third-order valence-electron chi connectivity index (χ3n) is 1.52. The molecule has 1 aliphatic rings. The van der Waals surface area contributed by atoms with Crippen LogP contribution >= 0.6 is 15.9 Å². The fourth-order valence-corrected chi connectivity index (χ4v) is 1.51. The van der Waals surface area contributed by atoms with Crippen LogP contribution < -0.4 is 0 Å². The summed E-state index contributed by atoms with van der Waals surface area (Å²) in [6.07, 6.45) is 0. The molecule has 0 amide bonds. The Hall–Kier alpha value is -0.310. The van der Waals surface area contributed by atoms with Gasteiger partial charge in [-0.2, -0.15) is 0 Å². The fraction of sp³-hybridized carbons (Fsp3) is 0.571. The molecule has 0 aliphatic carbocycles. The minimum absolute atomic E-state index is 0.233. The van der Waals surface area contributed by atoms with Crippen LogP contribution in [-0.2, 0) is 9.53 Å². The van der Waals surface area contributed by atoms with E-state index in [0.717, 1.165) is 5.57 Å². The second-order valence-electron chi connectivity index (χ2n) is 2.57. The van der Waals surface area contributed by atoms with Gasteiger partial charge in [0.1, 0.15) is 11.1 Å². The van der Waals surface area contributed by atoms with Crippen molar-refractivity contribution >= 4 is 21.9 Å².